The SMILES string of the molecule is CNc1c(C)nc2cc(OC)ccn12. The molecule has 14 heavy (non-hydrogen) atoms. The number of nitrogens with one attached hydrogen (secondary N) is 1. The monoisotopic (exact) mass is 191 g/mol. The highest BCUT2D eigenvalue weighted by Crippen LogP contribution is 2.20. The highest BCUT2D eigenvalue weighted by atomic mass is 16.5. The number of fused-ring (bicyclic) bond motifs is 1. The van der Waals surface area contributed by atoms with Crippen LogP contribution in [0.2, 0.25) is 0 Å². The van der Waals surface area contributed by atoms with Crippen molar-refractivity contribution in [1.29, 1.82) is 0 Å². The second kappa shape index (κ2) is 3.21. The van der Waals surface area contributed by atoms with E-state index in [-0.39, 0.29) is 0 Å². The highest BCUT2D eigenvalue weighted by molar-refractivity contribution is 5.56. The maximum Gasteiger partial charge on any atom is 0.142 e. The number of methoxy groups -OCH3 is 1. The standard InChI is InChI=1S/C10H13N3O/c1-7-10(11-2)13-5-4-8(14-3)6-9(13)12-7/h4-6,11H,1-3H3. The first-order valence-electron chi connectivity index (χ1n) is 4.46. The summed E-state index contributed by atoms with van der Waals surface area (Å²) in [6.45, 7) is 1.98. The van der Waals surface area contributed by atoms with Crippen LogP contribution in [0.4, 0.5) is 5.82 Å². The lowest BCUT2D eigenvalue weighted by atomic mass is 10.4. The molecule has 74 valence electrons. The highest BCUT2D eigenvalue weighted by Gasteiger charge is 2.06. The average Bonchev–Trinajstić information content (AvgIpc) is 2.51. The molecule has 1 N–H and O–H groups in total. The Morgan fingerprint density at radius 2 is 2.29 bits per heavy atom. The molecule has 4 nitrogen and oxygen atoms in total. The third-order valence-electron chi connectivity index (χ3n) is 2.24. The van der Waals surface area contributed by atoms with Crippen LogP contribution in [-0.4, -0.2) is 23.5 Å². The van der Waals surface area contributed by atoms with Crippen molar-refractivity contribution in [3.8, 4) is 5.75 Å². The Bertz CT molecular complexity index is 462. The predicted molar refractivity (Wildman–Crippen MR) is 56.0 cm³/mol. The Morgan fingerprint density at radius 1 is 1.50 bits per heavy atom. The van der Waals surface area contributed by atoms with Crippen LogP contribution in [0.25, 0.3) is 5.65 Å². The van der Waals surface area contributed by atoms with Crippen LogP contribution in [0.3, 0.4) is 0 Å². The second-order valence-electron chi connectivity index (χ2n) is 3.09. The minimum atomic E-state index is 0.824. The van der Waals surface area contributed by atoms with Crippen LogP contribution >= 0.6 is 0 Å². The molecule has 0 aliphatic rings. The van der Waals surface area contributed by atoms with Crippen molar-refractivity contribution >= 4 is 11.5 Å². The second-order valence-corrected chi connectivity index (χ2v) is 3.09. The van der Waals surface area contributed by atoms with E-state index in [1.165, 1.54) is 0 Å². The number of imidazole rings is 1. The summed E-state index contributed by atoms with van der Waals surface area (Å²) in [7, 11) is 3.54. The lowest BCUT2D eigenvalue weighted by Crippen LogP contribution is -1.95. The summed E-state index contributed by atoms with van der Waals surface area (Å²) in [6.07, 6.45) is 1.94. The lowest BCUT2D eigenvalue weighted by Gasteiger charge is -2.02. The number of pyridine rings is 1. The smallest absolute Gasteiger partial charge is 0.142 e. The zero-order valence-corrected chi connectivity index (χ0v) is 8.53. The van der Waals surface area contributed by atoms with Gasteiger partial charge in [0.25, 0.3) is 0 Å². The van der Waals surface area contributed by atoms with Gasteiger partial charge < -0.3 is 10.1 Å². The third kappa shape index (κ3) is 1.19. The fraction of sp³-hybridized carbons (Fsp3) is 0.300. The molecule has 4 heteroatoms. The van der Waals surface area contributed by atoms with Gasteiger partial charge in [-0.2, -0.15) is 0 Å². The number of rotatable bonds is 2. The minimum absolute atomic E-state index is 0.824. The maximum absolute atomic E-state index is 5.13. The summed E-state index contributed by atoms with van der Waals surface area (Å²) in [4.78, 5) is 4.41. The van der Waals surface area contributed by atoms with Crippen LogP contribution in [0.1, 0.15) is 5.69 Å². The van der Waals surface area contributed by atoms with E-state index < -0.39 is 0 Å². The molecule has 0 amide bonds. The van der Waals surface area contributed by atoms with E-state index in [1.54, 1.807) is 7.11 Å². The van der Waals surface area contributed by atoms with E-state index >= 15 is 0 Å². The molecule has 2 rings (SSSR count). The molecule has 0 aromatic carbocycles. The van der Waals surface area contributed by atoms with E-state index in [4.69, 9.17) is 4.74 Å². The Hall–Kier alpha value is -1.71. The number of aryl methyl sites for hydroxylation is 1. The molecule has 0 aliphatic heterocycles. The van der Waals surface area contributed by atoms with Crippen molar-refractivity contribution in [2.24, 2.45) is 0 Å². The molecular formula is C10H13N3O. The van der Waals surface area contributed by atoms with E-state index in [0.717, 1.165) is 22.9 Å². The summed E-state index contributed by atoms with van der Waals surface area (Å²) >= 11 is 0. The third-order valence-corrected chi connectivity index (χ3v) is 2.24. The van der Waals surface area contributed by atoms with E-state index in [2.05, 4.69) is 10.3 Å². The first-order chi connectivity index (χ1) is 6.76. The van der Waals surface area contributed by atoms with Crippen molar-refractivity contribution in [3.63, 3.8) is 0 Å². The van der Waals surface area contributed by atoms with E-state index in [9.17, 15) is 0 Å². The first kappa shape index (κ1) is 8.87. The van der Waals surface area contributed by atoms with Crippen molar-refractivity contribution < 1.29 is 4.74 Å². The molecule has 0 spiro atoms. The Morgan fingerprint density at radius 3 is 2.93 bits per heavy atom. The van der Waals surface area contributed by atoms with Crippen molar-refractivity contribution in [3.05, 3.63) is 24.0 Å². The first-order valence-corrected chi connectivity index (χ1v) is 4.46. The Balaban J connectivity index is 2.68. The summed E-state index contributed by atoms with van der Waals surface area (Å²) < 4.78 is 7.13. The van der Waals surface area contributed by atoms with Crippen molar-refractivity contribution in [1.82, 2.24) is 9.38 Å². The van der Waals surface area contributed by atoms with Gasteiger partial charge in [0.2, 0.25) is 0 Å². The largest absolute Gasteiger partial charge is 0.497 e. The van der Waals surface area contributed by atoms with Gasteiger partial charge in [-0.25, -0.2) is 4.98 Å². The molecule has 0 aliphatic carbocycles. The lowest BCUT2D eigenvalue weighted by molar-refractivity contribution is 0.414. The van der Waals surface area contributed by atoms with E-state index in [1.807, 2.05) is 36.7 Å². The number of aromatic nitrogens is 2. The molecule has 2 aromatic heterocycles. The van der Waals surface area contributed by atoms with Crippen LogP contribution in [0.5, 0.6) is 5.75 Å². The summed E-state index contributed by atoms with van der Waals surface area (Å²) in [5.41, 5.74) is 1.88. The Kier molecular flexibility index (Phi) is 2.04. The van der Waals surface area contributed by atoms with Gasteiger partial charge in [-0.1, -0.05) is 0 Å². The zero-order valence-electron chi connectivity index (χ0n) is 8.53. The van der Waals surface area contributed by atoms with Gasteiger partial charge in [-0.05, 0) is 13.0 Å². The quantitative estimate of drug-likeness (QED) is 0.785. The summed E-state index contributed by atoms with van der Waals surface area (Å²) in [5.74, 6) is 1.84. The van der Waals surface area contributed by atoms with Crippen LogP contribution in [0.15, 0.2) is 18.3 Å². The van der Waals surface area contributed by atoms with Gasteiger partial charge in [-0.3, -0.25) is 4.40 Å². The fourth-order valence-electron chi connectivity index (χ4n) is 1.57. The number of nitrogens with zero attached hydrogens (tertiary/aromatic N) is 2. The molecule has 0 bridgehead atoms. The molecule has 0 radical (unpaired) electrons. The Labute approximate surface area is 82.5 Å². The molecule has 2 heterocycles. The molecule has 0 fully saturated rings. The van der Waals surface area contributed by atoms with E-state index in [0.29, 0.717) is 0 Å². The van der Waals surface area contributed by atoms with Gasteiger partial charge >= 0.3 is 0 Å². The van der Waals surface area contributed by atoms with Crippen LogP contribution in [0, 0.1) is 6.92 Å². The molecule has 0 atom stereocenters. The molecule has 0 saturated heterocycles. The molecule has 2 aromatic rings. The van der Waals surface area contributed by atoms with Crippen LogP contribution in [-0.2, 0) is 0 Å². The van der Waals surface area contributed by atoms with Crippen molar-refractivity contribution in [2.45, 2.75) is 6.92 Å². The van der Waals surface area contributed by atoms with Crippen LogP contribution < -0.4 is 10.1 Å². The van der Waals surface area contributed by atoms with Gasteiger partial charge in [0.05, 0.1) is 12.8 Å². The fourth-order valence-corrected chi connectivity index (χ4v) is 1.57. The molecular weight excluding hydrogens is 178 g/mol. The zero-order chi connectivity index (χ0) is 10.1. The summed E-state index contributed by atoms with van der Waals surface area (Å²) in [6, 6.07) is 3.82. The molecule has 0 unspecified atom stereocenters. The van der Waals surface area contributed by atoms with Gasteiger partial charge in [0, 0.05) is 19.3 Å². The van der Waals surface area contributed by atoms with Gasteiger partial charge in [0.1, 0.15) is 17.2 Å². The number of hydrogen-bond acceptors (Lipinski definition) is 3. The minimum Gasteiger partial charge on any atom is -0.497 e. The van der Waals surface area contributed by atoms with Gasteiger partial charge in [0.15, 0.2) is 0 Å². The molecule has 0 saturated carbocycles. The average molecular weight is 191 g/mol. The number of hydrogen-bond donors (Lipinski definition) is 1. The topological polar surface area (TPSA) is 38.6 Å². The van der Waals surface area contributed by atoms with Crippen molar-refractivity contribution in [2.75, 3.05) is 19.5 Å². The van der Waals surface area contributed by atoms with Gasteiger partial charge in [-0.15, -0.1) is 0 Å². The normalized spacial score (nSPS) is 10.5. The predicted octanol–water partition coefficient (Wildman–Crippen LogP) is 1.69. The maximum atomic E-state index is 5.13. The number of ether oxygens (including phenoxy) is 1. The number of anilines is 1. The summed E-state index contributed by atoms with van der Waals surface area (Å²) in [5, 5.41) is 3.12.